The first-order valence-electron chi connectivity index (χ1n) is 4.72. The van der Waals surface area contributed by atoms with E-state index < -0.39 is 0 Å². The standard InChI is InChI=1S/C9H18N2OS/c1-13-6-5-11-8(12)9(7-10)3-2-4-9/h2-7,10H2,1H3,(H,11,12). The maximum Gasteiger partial charge on any atom is 0.227 e. The second-order valence-corrected chi connectivity index (χ2v) is 4.57. The first-order valence-corrected chi connectivity index (χ1v) is 6.12. The van der Waals surface area contributed by atoms with E-state index in [1.807, 2.05) is 6.26 Å². The molecule has 1 aliphatic rings. The van der Waals surface area contributed by atoms with E-state index in [-0.39, 0.29) is 11.3 Å². The van der Waals surface area contributed by atoms with Crippen LogP contribution < -0.4 is 11.1 Å². The Morgan fingerprint density at radius 1 is 1.62 bits per heavy atom. The molecule has 76 valence electrons. The Hall–Kier alpha value is -0.220. The van der Waals surface area contributed by atoms with Crippen molar-refractivity contribution in [2.24, 2.45) is 11.1 Å². The molecule has 0 aromatic rings. The van der Waals surface area contributed by atoms with Gasteiger partial charge in [0.25, 0.3) is 0 Å². The summed E-state index contributed by atoms with van der Waals surface area (Å²) in [4.78, 5) is 11.7. The summed E-state index contributed by atoms with van der Waals surface area (Å²) in [6, 6.07) is 0. The van der Waals surface area contributed by atoms with Gasteiger partial charge in [-0.2, -0.15) is 11.8 Å². The molecule has 0 heterocycles. The van der Waals surface area contributed by atoms with Crippen molar-refractivity contribution in [1.29, 1.82) is 0 Å². The zero-order valence-electron chi connectivity index (χ0n) is 8.14. The minimum atomic E-state index is -0.210. The Morgan fingerprint density at radius 3 is 2.69 bits per heavy atom. The Labute approximate surface area is 83.8 Å². The molecule has 0 aliphatic heterocycles. The monoisotopic (exact) mass is 202 g/mol. The van der Waals surface area contributed by atoms with E-state index in [0.717, 1.165) is 31.6 Å². The van der Waals surface area contributed by atoms with Crippen molar-refractivity contribution in [3.05, 3.63) is 0 Å². The summed E-state index contributed by atoms with van der Waals surface area (Å²) < 4.78 is 0. The molecular formula is C9H18N2OS. The van der Waals surface area contributed by atoms with E-state index in [1.165, 1.54) is 0 Å². The molecule has 3 N–H and O–H groups in total. The fourth-order valence-corrected chi connectivity index (χ4v) is 1.89. The quantitative estimate of drug-likeness (QED) is 0.642. The first-order chi connectivity index (χ1) is 6.25. The highest BCUT2D eigenvalue weighted by Crippen LogP contribution is 2.39. The number of nitrogens with two attached hydrogens (primary N) is 1. The van der Waals surface area contributed by atoms with Crippen molar-refractivity contribution in [3.63, 3.8) is 0 Å². The third-order valence-corrected chi connectivity index (χ3v) is 3.39. The SMILES string of the molecule is CSCCNC(=O)C1(CN)CCC1. The highest BCUT2D eigenvalue weighted by molar-refractivity contribution is 7.98. The van der Waals surface area contributed by atoms with Gasteiger partial charge >= 0.3 is 0 Å². The number of carbonyl (C=O) groups excluding carboxylic acids is 1. The zero-order chi connectivity index (χ0) is 9.73. The van der Waals surface area contributed by atoms with Crippen LogP contribution in [-0.2, 0) is 4.79 Å². The van der Waals surface area contributed by atoms with Gasteiger partial charge in [-0.05, 0) is 19.1 Å². The van der Waals surface area contributed by atoms with Crippen LogP contribution in [0.1, 0.15) is 19.3 Å². The molecule has 3 nitrogen and oxygen atoms in total. The second-order valence-electron chi connectivity index (χ2n) is 3.59. The molecule has 13 heavy (non-hydrogen) atoms. The van der Waals surface area contributed by atoms with Gasteiger partial charge in [-0.1, -0.05) is 6.42 Å². The van der Waals surface area contributed by atoms with Crippen LogP contribution in [0.15, 0.2) is 0 Å². The molecule has 1 rings (SSSR count). The van der Waals surface area contributed by atoms with Crippen molar-refractivity contribution in [2.75, 3.05) is 25.1 Å². The smallest absolute Gasteiger partial charge is 0.227 e. The average molecular weight is 202 g/mol. The number of thioether (sulfide) groups is 1. The van der Waals surface area contributed by atoms with Crippen LogP contribution in [-0.4, -0.2) is 31.0 Å². The Balaban J connectivity index is 2.28. The molecule has 0 saturated heterocycles. The van der Waals surface area contributed by atoms with E-state index in [4.69, 9.17) is 5.73 Å². The van der Waals surface area contributed by atoms with E-state index in [0.29, 0.717) is 6.54 Å². The van der Waals surface area contributed by atoms with Crippen molar-refractivity contribution in [1.82, 2.24) is 5.32 Å². The lowest BCUT2D eigenvalue weighted by Crippen LogP contribution is -2.50. The summed E-state index contributed by atoms with van der Waals surface area (Å²) in [6.07, 6.45) is 5.12. The number of carbonyl (C=O) groups is 1. The highest BCUT2D eigenvalue weighted by atomic mass is 32.2. The minimum absolute atomic E-state index is 0.162. The lowest BCUT2D eigenvalue weighted by molar-refractivity contribution is -0.135. The van der Waals surface area contributed by atoms with Gasteiger partial charge in [-0.25, -0.2) is 0 Å². The van der Waals surface area contributed by atoms with Crippen LogP contribution in [0.5, 0.6) is 0 Å². The Morgan fingerprint density at radius 2 is 2.31 bits per heavy atom. The molecule has 0 aromatic carbocycles. The predicted molar refractivity (Wildman–Crippen MR) is 56.7 cm³/mol. The van der Waals surface area contributed by atoms with Crippen molar-refractivity contribution < 1.29 is 4.79 Å². The van der Waals surface area contributed by atoms with Crippen LogP contribution in [0.4, 0.5) is 0 Å². The molecule has 0 radical (unpaired) electrons. The third kappa shape index (κ3) is 2.38. The lowest BCUT2D eigenvalue weighted by atomic mass is 9.68. The first kappa shape index (κ1) is 10.9. The van der Waals surface area contributed by atoms with Gasteiger partial charge < -0.3 is 11.1 Å². The van der Waals surface area contributed by atoms with Gasteiger partial charge in [0.1, 0.15) is 0 Å². The van der Waals surface area contributed by atoms with Gasteiger partial charge in [0.05, 0.1) is 5.41 Å². The molecule has 0 spiro atoms. The molecular weight excluding hydrogens is 184 g/mol. The number of rotatable bonds is 5. The molecule has 4 heteroatoms. The van der Waals surface area contributed by atoms with Crippen LogP contribution in [0.25, 0.3) is 0 Å². The summed E-state index contributed by atoms with van der Waals surface area (Å²) in [5.74, 6) is 1.14. The van der Waals surface area contributed by atoms with E-state index >= 15 is 0 Å². The van der Waals surface area contributed by atoms with Crippen LogP contribution in [0, 0.1) is 5.41 Å². The summed E-state index contributed by atoms with van der Waals surface area (Å²) >= 11 is 1.74. The fraction of sp³-hybridized carbons (Fsp3) is 0.889. The summed E-state index contributed by atoms with van der Waals surface area (Å²) in [7, 11) is 0. The third-order valence-electron chi connectivity index (χ3n) is 2.77. The molecule has 1 amide bonds. The zero-order valence-corrected chi connectivity index (χ0v) is 8.95. The van der Waals surface area contributed by atoms with E-state index in [2.05, 4.69) is 5.32 Å². The molecule has 1 saturated carbocycles. The summed E-state index contributed by atoms with van der Waals surface area (Å²) in [5.41, 5.74) is 5.40. The van der Waals surface area contributed by atoms with Gasteiger partial charge in [-0.3, -0.25) is 4.79 Å². The van der Waals surface area contributed by atoms with Gasteiger partial charge in [0, 0.05) is 18.8 Å². The fourth-order valence-electron chi connectivity index (χ4n) is 1.58. The van der Waals surface area contributed by atoms with Crippen molar-refractivity contribution in [2.45, 2.75) is 19.3 Å². The predicted octanol–water partition coefficient (Wildman–Crippen LogP) is 0.595. The number of amides is 1. The minimum Gasteiger partial charge on any atom is -0.355 e. The Kier molecular flexibility index (Phi) is 4.06. The largest absolute Gasteiger partial charge is 0.355 e. The summed E-state index contributed by atoms with van der Waals surface area (Å²) in [5, 5.41) is 2.94. The number of hydrogen-bond acceptors (Lipinski definition) is 3. The van der Waals surface area contributed by atoms with Crippen molar-refractivity contribution in [3.8, 4) is 0 Å². The molecule has 1 fully saturated rings. The molecule has 1 aliphatic carbocycles. The van der Waals surface area contributed by atoms with Gasteiger partial charge in [0.2, 0.25) is 5.91 Å². The maximum absolute atomic E-state index is 11.7. The van der Waals surface area contributed by atoms with Crippen molar-refractivity contribution >= 4 is 17.7 Å². The Bertz CT molecular complexity index is 175. The molecule has 0 aromatic heterocycles. The lowest BCUT2D eigenvalue weighted by Gasteiger charge is -2.39. The molecule has 0 atom stereocenters. The van der Waals surface area contributed by atoms with Crippen LogP contribution in [0.2, 0.25) is 0 Å². The van der Waals surface area contributed by atoms with Crippen LogP contribution in [0.3, 0.4) is 0 Å². The summed E-state index contributed by atoms with van der Waals surface area (Å²) in [6.45, 7) is 1.26. The van der Waals surface area contributed by atoms with Crippen LogP contribution >= 0.6 is 11.8 Å². The highest BCUT2D eigenvalue weighted by Gasteiger charge is 2.42. The van der Waals surface area contributed by atoms with Gasteiger partial charge in [0.15, 0.2) is 0 Å². The second kappa shape index (κ2) is 4.86. The molecule has 0 unspecified atom stereocenters. The van der Waals surface area contributed by atoms with Gasteiger partial charge in [-0.15, -0.1) is 0 Å². The number of nitrogens with one attached hydrogen (secondary N) is 1. The maximum atomic E-state index is 11.7. The topological polar surface area (TPSA) is 55.1 Å². The van der Waals surface area contributed by atoms with E-state index in [1.54, 1.807) is 11.8 Å². The number of hydrogen-bond donors (Lipinski definition) is 2. The molecule has 0 bridgehead atoms. The normalized spacial score (nSPS) is 19.2. The van der Waals surface area contributed by atoms with E-state index in [9.17, 15) is 4.79 Å². The average Bonchev–Trinajstić information content (AvgIpc) is 2.04.